The van der Waals surface area contributed by atoms with Gasteiger partial charge in [0.05, 0.1) is 22.2 Å². The van der Waals surface area contributed by atoms with Gasteiger partial charge in [0, 0.05) is 44.9 Å². The fourth-order valence-corrected chi connectivity index (χ4v) is 6.61. The highest BCUT2D eigenvalue weighted by atomic mass is 15.1. The van der Waals surface area contributed by atoms with E-state index < -0.39 is 0 Å². The topological polar surface area (TPSA) is 46.5 Å². The molecule has 0 saturated carbocycles. The van der Waals surface area contributed by atoms with Crippen LogP contribution >= 0.6 is 0 Å². The van der Waals surface area contributed by atoms with Crippen LogP contribution in [-0.4, -0.2) is 19.5 Å². The largest absolute Gasteiger partial charge is 0.354 e. The summed E-state index contributed by atoms with van der Waals surface area (Å²) in [5, 5.41) is 4.77. The van der Waals surface area contributed by atoms with E-state index in [-0.39, 0.29) is 0 Å². The summed E-state index contributed by atoms with van der Waals surface area (Å²) in [5.41, 5.74) is 10.6. The summed E-state index contributed by atoms with van der Waals surface area (Å²) >= 11 is 0. The van der Waals surface area contributed by atoms with Crippen molar-refractivity contribution in [3.05, 3.63) is 152 Å². The average Bonchev–Trinajstić information content (AvgIpc) is 3.67. The molecule has 0 spiro atoms. The third-order valence-electron chi connectivity index (χ3n) is 8.60. The van der Waals surface area contributed by atoms with Crippen molar-refractivity contribution in [2.45, 2.75) is 0 Å². The minimum Gasteiger partial charge on any atom is -0.354 e. The lowest BCUT2D eigenvalue weighted by Gasteiger charge is -2.12. The predicted octanol–water partition coefficient (Wildman–Crippen LogP) is 10.2. The fraction of sp³-hybridized carbons (Fsp3) is 0. The maximum absolute atomic E-state index is 5.47. The highest BCUT2D eigenvalue weighted by Crippen LogP contribution is 2.40. The number of para-hydroxylation sites is 4. The molecule has 0 radical (unpaired) electrons. The number of H-pyrrole nitrogens is 1. The van der Waals surface area contributed by atoms with Crippen LogP contribution in [0.1, 0.15) is 0 Å². The second-order valence-electron chi connectivity index (χ2n) is 11.1. The van der Waals surface area contributed by atoms with Crippen molar-refractivity contribution < 1.29 is 0 Å². The quantitative estimate of drug-likeness (QED) is 0.232. The third-order valence-corrected chi connectivity index (χ3v) is 8.60. The van der Waals surface area contributed by atoms with E-state index in [2.05, 4.69) is 143 Å². The van der Waals surface area contributed by atoms with E-state index in [1.165, 1.54) is 21.5 Å². The molecular weight excluding hydrogens is 536 g/mol. The van der Waals surface area contributed by atoms with E-state index in [9.17, 15) is 0 Å². The first-order valence-electron chi connectivity index (χ1n) is 14.8. The molecule has 3 heterocycles. The lowest BCUT2D eigenvalue weighted by molar-refractivity contribution is 1.10. The van der Waals surface area contributed by atoms with Gasteiger partial charge in [-0.25, -0.2) is 4.98 Å². The highest BCUT2D eigenvalue weighted by Gasteiger charge is 2.21. The molecular formula is C40H26N4. The van der Waals surface area contributed by atoms with E-state index in [0.29, 0.717) is 0 Å². The van der Waals surface area contributed by atoms with Gasteiger partial charge >= 0.3 is 0 Å². The van der Waals surface area contributed by atoms with E-state index in [1.807, 2.05) is 18.3 Å². The number of rotatable bonds is 4. The molecule has 1 N–H and O–H groups in total. The summed E-state index contributed by atoms with van der Waals surface area (Å²) in [4.78, 5) is 13.9. The van der Waals surface area contributed by atoms with Crippen molar-refractivity contribution in [3.63, 3.8) is 0 Å². The number of pyridine rings is 1. The Morgan fingerprint density at radius 2 is 1.30 bits per heavy atom. The molecule has 206 valence electrons. The zero-order chi connectivity index (χ0) is 29.0. The van der Waals surface area contributed by atoms with Gasteiger partial charge in [-0.05, 0) is 70.9 Å². The van der Waals surface area contributed by atoms with Crippen molar-refractivity contribution in [1.82, 2.24) is 19.5 Å². The number of hydrogen-bond acceptors (Lipinski definition) is 2. The minimum atomic E-state index is 0.904. The van der Waals surface area contributed by atoms with Crippen LogP contribution in [-0.2, 0) is 0 Å². The minimum absolute atomic E-state index is 0.904. The van der Waals surface area contributed by atoms with Gasteiger partial charge in [0.15, 0.2) is 0 Å². The Labute approximate surface area is 253 Å². The molecule has 0 saturated heterocycles. The number of aromatic amines is 1. The van der Waals surface area contributed by atoms with Gasteiger partial charge in [-0.1, -0.05) is 91.0 Å². The van der Waals surface area contributed by atoms with Crippen LogP contribution in [0.4, 0.5) is 0 Å². The molecule has 44 heavy (non-hydrogen) atoms. The number of nitrogens with zero attached hydrogens (tertiary/aromatic N) is 3. The van der Waals surface area contributed by atoms with Crippen LogP contribution < -0.4 is 0 Å². The number of hydrogen-bond donors (Lipinski definition) is 1. The predicted molar refractivity (Wildman–Crippen MR) is 182 cm³/mol. The molecule has 0 amide bonds. The molecule has 0 bridgehead atoms. The van der Waals surface area contributed by atoms with Crippen LogP contribution in [0.25, 0.3) is 83.1 Å². The van der Waals surface area contributed by atoms with E-state index in [1.54, 1.807) is 0 Å². The molecule has 9 rings (SSSR count). The first kappa shape index (κ1) is 24.6. The highest BCUT2D eigenvalue weighted by molar-refractivity contribution is 6.12. The summed E-state index contributed by atoms with van der Waals surface area (Å²) < 4.78 is 2.29. The van der Waals surface area contributed by atoms with Crippen LogP contribution in [0.3, 0.4) is 0 Å². The van der Waals surface area contributed by atoms with Crippen molar-refractivity contribution in [3.8, 4) is 39.5 Å². The molecule has 4 heteroatoms. The SMILES string of the molecule is c1ccc(-n2c(-c3cccc4c3[nH]c3ccccc34)nc3c(-c4cc(-c5ccccn5)c5ccccc5c4)cccc32)cc1. The maximum atomic E-state index is 5.47. The number of imidazole rings is 1. The standard InChI is InChI=1S/C40H26N4/c1-2-13-28(14-3-1)44-37-22-11-17-30(27-24-26-12-4-5-15-29(26)34(25-27)35-20-8-9-23-41-35)39(37)43-40(44)33-19-10-18-32-31-16-6-7-21-36(31)42-38(32)33/h1-25,42H. The lowest BCUT2D eigenvalue weighted by Crippen LogP contribution is -1.97. The summed E-state index contributed by atoms with van der Waals surface area (Å²) in [6, 6.07) is 51.2. The molecule has 3 aromatic heterocycles. The number of benzene rings is 6. The summed E-state index contributed by atoms with van der Waals surface area (Å²) in [7, 11) is 0. The lowest BCUT2D eigenvalue weighted by atomic mass is 9.94. The Hall–Kier alpha value is -6.00. The molecule has 0 aliphatic heterocycles. The average molecular weight is 563 g/mol. The Morgan fingerprint density at radius 3 is 2.18 bits per heavy atom. The first-order chi connectivity index (χ1) is 21.8. The van der Waals surface area contributed by atoms with Gasteiger partial charge in [-0.15, -0.1) is 0 Å². The number of aromatic nitrogens is 4. The second-order valence-corrected chi connectivity index (χ2v) is 11.1. The van der Waals surface area contributed by atoms with E-state index in [0.717, 1.165) is 61.5 Å². The summed E-state index contributed by atoms with van der Waals surface area (Å²) in [6.07, 6.45) is 1.86. The Bertz CT molecular complexity index is 2490. The van der Waals surface area contributed by atoms with Crippen LogP contribution in [0.15, 0.2) is 152 Å². The van der Waals surface area contributed by atoms with Crippen molar-refractivity contribution in [2.24, 2.45) is 0 Å². The zero-order valence-electron chi connectivity index (χ0n) is 23.8. The monoisotopic (exact) mass is 562 g/mol. The van der Waals surface area contributed by atoms with E-state index >= 15 is 0 Å². The third kappa shape index (κ3) is 3.78. The summed E-state index contributed by atoms with van der Waals surface area (Å²) in [6.45, 7) is 0. The zero-order valence-corrected chi connectivity index (χ0v) is 23.8. The fourth-order valence-electron chi connectivity index (χ4n) is 6.61. The molecule has 9 aromatic rings. The second kappa shape index (κ2) is 9.79. The molecule has 0 aliphatic carbocycles. The van der Waals surface area contributed by atoms with Gasteiger partial charge < -0.3 is 4.98 Å². The summed E-state index contributed by atoms with van der Waals surface area (Å²) in [5.74, 6) is 0.904. The number of fused-ring (bicyclic) bond motifs is 5. The van der Waals surface area contributed by atoms with Gasteiger partial charge in [0.2, 0.25) is 0 Å². The Morgan fingerprint density at radius 1 is 0.545 bits per heavy atom. The van der Waals surface area contributed by atoms with Crippen molar-refractivity contribution >= 4 is 43.6 Å². The maximum Gasteiger partial charge on any atom is 0.147 e. The molecule has 0 aliphatic rings. The van der Waals surface area contributed by atoms with E-state index in [4.69, 9.17) is 9.97 Å². The van der Waals surface area contributed by atoms with Crippen LogP contribution in [0, 0.1) is 0 Å². The van der Waals surface area contributed by atoms with Crippen molar-refractivity contribution in [2.75, 3.05) is 0 Å². The van der Waals surface area contributed by atoms with Gasteiger partial charge in [-0.2, -0.15) is 0 Å². The molecule has 4 nitrogen and oxygen atoms in total. The van der Waals surface area contributed by atoms with Gasteiger partial charge in [0.1, 0.15) is 5.82 Å². The smallest absolute Gasteiger partial charge is 0.147 e. The number of nitrogens with one attached hydrogen (secondary N) is 1. The molecule has 0 fully saturated rings. The van der Waals surface area contributed by atoms with Crippen molar-refractivity contribution in [1.29, 1.82) is 0 Å². The first-order valence-corrected chi connectivity index (χ1v) is 14.8. The molecule has 6 aromatic carbocycles. The normalized spacial score (nSPS) is 11.6. The Kier molecular flexibility index (Phi) is 5.47. The molecule has 0 atom stereocenters. The van der Waals surface area contributed by atoms with Gasteiger partial charge in [0.25, 0.3) is 0 Å². The Balaban J connectivity index is 1.35. The van der Waals surface area contributed by atoms with Gasteiger partial charge in [-0.3, -0.25) is 9.55 Å². The molecule has 0 unspecified atom stereocenters. The van der Waals surface area contributed by atoms with Crippen LogP contribution in [0.5, 0.6) is 0 Å². The van der Waals surface area contributed by atoms with Crippen LogP contribution in [0.2, 0.25) is 0 Å².